The molecule has 0 spiro atoms. The third kappa shape index (κ3) is 58.1. The van der Waals surface area contributed by atoms with Crippen LogP contribution in [0.4, 0.5) is 0 Å². The number of rotatable bonds is 51. The number of hydrogen-bond donors (Lipinski definition) is 0. The monoisotopic (exact) mass is 1010 g/mol. The van der Waals surface area contributed by atoms with Crippen LogP contribution in [0.2, 0.25) is 0 Å². The van der Waals surface area contributed by atoms with Crippen molar-refractivity contribution in [3.63, 3.8) is 0 Å². The van der Waals surface area contributed by atoms with E-state index in [1.165, 1.54) is 77.0 Å². The van der Waals surface area contributed by atoms with Crippen molar-refractivity contribution in [3.05, 3.63) is 146 Å². The fourth-order valence-corrected chi connectivity index (χ4v) is 7.34. The molecule has 1 atom stereocenters. The molecule has 6 nitrogen and oxygen atoms in total. The van der Waals surface area contributed by atoms with Crippen molar-refractivity contribution in [2.75, 3.05) is 13.2 Å². The predicted molar refractivity (Wildman–Crippen MR) is 315 cm³/mol. The smallest absolute Gasteiger partial charge is 0.306 e. The number of hydrogen-bond acceptors (Lipinski definition) is 6. The molecular formula is C67H106O6. The van der Waals surface area contributed by atoms with Gasteiger partial charge in [-0.1, -0.05) is 218 Å². The molecule has 0 N–H and O–H groups in total. The molecule has 0 rings (SSSR count). The molecule has 0 aromatic rings. The first-order valence-electron chi connectivity index (χ1n) is 29.3. The van der Waals surface area contributed by atoms with E-state index in [2.05, 4.69) is 167 Å². The molecule has 0 radical (unpaired) electrons. The number of esters is 3. The molecule has 0 amide bonds. The van der Waals surface area contributed by atoms with Crippen LogP contribution in [0.5, 0.6) is 0 Å². The van der Waals surface area contributed by atoms with Gasteiger partial charge >= 0.3 is 17.9 Å². The molecule has 0 fully saturated rings. The average molecular weight is 1010 g/mol. The molecule has 73 heavy (non-hydrogen) atoms. The van der Waals surface area contributed by atoms with E-state index in [9.17, 15) is 14.4 Å². The van der Waals surface area contributed by atoms with Crippen molar-refractivity contribution >= 4 is 17.9 Å². The molecule has 0 bridgehead atoms. The number of carbonyl (C=O) groups excluding carboxylic acids is 3. The normalized spacial score (nSPS) is 13.2. The van der Waals surface area contributed by atoms with Crippen molar-refractivity contribution < 1.29 is 28.6 Å². The molecule has 0 aliphatic rings. The molecule has 0 aromatic heterocycles. The number of allylic oxidation sites excluding steroid dienone is 24. The van der Waals surface area contributed by atoms with Gasteiger partial charge in [0.25, 0.3) is 0 Å². The summed E-state index contributed by atoms with van der Waals surface area (Å²) in [5.41, 5.74) is 0. The van der Waals surface area contributed by atoms with Gasteiger partial charge < -0.3 is 14.2 Å². The van der Waals surface area contributed by atoms with Crippen LogP contribution in [-0.4, -0.2) is 37.2 Å². The van der Waals surface area contributed by atoms with Crippen LogP contribution in [-0.2, 0) is 28.6 Å². The molecule has 410 valence electrons. The fourth-order valence-electron chi connectivity index (χ4n) is 7.34. The first kappa shape index (κ1) is 68.3. The van der Waals surface area contributed by atoms with Gasteiger partial charge in [0, 0.05) is 19.3 Å². The van der Waals surface area contributed by atoms with Crippen LogP contribution in [0.1, 0.15) is 239 Å². The Balaban J connectivity index is 4.62. The van der Waals surface area contributed by atoms with E-state index >= 15 is 0 Å². The molecule has 0 aromatic carbocycles. The zero-order chi connectivity index (χ0) is 52.9. The van der Waals surface area contributed by atoms with Gasteiger partial charge in [0.05, 0.1) is 0 Å². The van der Waals surface area contributed by atoms with Crippen molar-refractivity contribution in [2.24, 2.45) is 0 Å². The minimum atomic E-state index is -0.838. The van der Waals surface area contributed by atoms with E-state index in [0.717, 1.165) is 109 Å². The highest BCUT2D eigenvalue weighted by Crippen LogP contribution is 2.11. The maximum Gasteiger partial charge on any atom is 0.306 e. The van der Waals surface area contributed by atoms with Crippen LogP contribution >= 0.6 is 0 Å². The lowest BCUT2D eigenvalue weighted by Gasteiger charge is -2.18. The van der Waals surface area contributed by atoms with Gasteiger partial charge in [-0.25, -0.2) is 0 Å². The molecular weight excluding hydrogens is 901 g/mol. The van der Waals surface area contributed by atoms with Crippen LogP contribution in [0.3, 0.4) is 0 Å². The van der Waals surface area contributed by atoms with E-state index in [1.807, 2.05) is 0 Å². The minimum absolute atomic E-state index is 0.131. The van der Waals surface area contributed by atoms with Gasteiger partial charge in [0.15, 0.2) is 6.10 Å². The molecule has 0 unspecified atom stereocenters. The summed E-state index contributed by atoms with van der Waals surface area (Å²) in [6.07, 6.45) is 85.5. The standard InChI is InChI=1S/C67H106O6/c1-4-7-10-13-16-19-22-25-28-31-33-36-39-42-45-48-51-54-57-60-66(69)72-63-64(62-71-65(68)59-56-53-50-47-44-41-38-35-30-27-24-21-18-15-12-9-6-3)73-67(70)61-58-55-52-49-46-43-40-37-34-32-29-26-23-20-17-14-11-8-5-2/h16-21,25-30,33-34,36-38,41-43,45-47,50,64H,4-15,22-24,31-32,35,39-40,44,48-49,51-63H2,1-3H3/b19-16-,20-17-,21-18-,28-25-,29-26-,30-27-,36-33-,37-34-,41-38-,45-42-,46-43-,50-47-/t64-/m0/s1. The van der Waals surface area contributed by atoms with Crippen LogP contribution in [0.25, 0.3) is 0 Å². The van der Waals surface area contributed by atoms with E-state index in [-0.39, 0.29) is 44.0 Å². The Morgan fingerprint density at radius 1 is 0.274 bits per heavy atom. The van der Waals surface area contributed by atoms with Crippen LogP contribution in [0, 0.1) is 0 Å². The summed E-state index contributed by atoms with van der Waals surface area (Å²) >= 11 is 0. The first-order valence-corrected chi connectivity index (χ1v) is 29.3. The highest BCUT2D eigenvalue weighted by Gasteiger charge is 2.19. The minimum Gasteiger partial charge on any atom is -0.462 e. The zero-order valence-electron chi connectivity index (χ0n) is 46.8. The summed E-state index contributed by atoms with van der Waals surface area (Å²) < 4.78 is 16.8. The van der Waals surface area contributed by atoms with E-state index in [1.54, 1.807) is 0 Å². The van der Waals surface area contributed by atoms with Crippen molar-refractivity contribution in [3.8, 4) is 0 Å². The van der Waals surface area contributed by atoms with E-state index in [0.29, 0.717) is 19.3 Å². The number of ether oxygens (including phenoxy) is 3. The molecule has 6 heteroatoms. The lowest BCUT2D eigenvalue weighted by Crippen LogP contribution is -2.30. The van der Waals surface area contributed by atoms with Crippen LogP contribution in [0.15, 0.2) is 146 Å². The van der Waals surface area contributed by atoms with Gasteiger partial charge in [-0.2, -0.15) is 0 Å². The Morgan fingerprint density at radius 2 is 0.507 bits per heavy atom. The Kier molecular flexibility index (Phi) is 56.0. The lowest BCUT2D eigenvalue weighted by atomic mass is 10.1. The summed E-state index contributed by atoms with van der Waals surface area (Å²) in [6, 6.07) is 0. The number of carbonyl (C=O) groups is 3. The largest absolute Gasteiger partial charge is 0.462 e. The second-order valence-corrected chi connectivity index (χ2v) is 18.8. The Labute approximate surface area is 448 Å². The summed E-state index contributed by atoms with van der Waals surface area (Å²) in [6.45, 7) is 6.44. The van der Waals surface area contributed by atoms with Gasteiger partial charge in [0.2, 0.25) is 0 Å². The van der Waals surface area contributed by atoms with E-state index < -0.39 is 6.10 Å². The predicted octanol–water partition coefficient (Wildman–Crippen LogP) is 20.0. The van der Waals surface area contributed by atoms with Gasteiger partial charge in [0.1, 0.15) is 13.2 Å². The average Bonchev–Trinajstić information content (AvgIpc) is 3.39. The zero-order valence-corrected chi connectivity index (χ0v) is 46.8. The summed E-state index contributed by atoms with van der Waals surface area (Å²) in [7, 11) is 0. The lowest BCUT2D eigenvalue weighted by molar-refractivity contribution is -0.167. The van der Waals surface area contributed by atoms with Gasteiger partial charge in [-0.05, 0) is 148 Å². The SMILES string of the molecule is CCCCC/C=C\C/C=C\C/C=C\C/C=C\CCCCCC(=O)OC[C@H](COC(=O)CCC/C=C\C/C=C\C/C=C\C/C=C\CCCCC)OC(=O)CCCCC/C=C\C/C=C\C/C=C\C/C=C\CCCCC. The Hall–Kier alpha value is -4.71. The first-order chi connectivity index (χ1) is 36.0. The third-order valence-corrected chi connectivity index (χ3v) is 11.8. The maximum absolute atomic E-state index is 12.9. The second kappa shape index (κ2) is 59.8. The van der Waals surface area contributed by atoms with Crippen molar-refractivity contribution in [1.82, 2.24) is 0 Å². The molecule has 0 aliphatic carbocycles. The molecule has 0 heterocycles. The quantitative estimate of drug-likeness (QED) is 0.0261. The summed E-state index contributed by atoms with van der Waals surface area (Å²) in [5, 5.41) is 0. The number of unbranched alkanes of at least 4 members (excludes halogenated alkanes) is 16. The highest BCUT2D eigenvalue weighted by atomic mass is 16.6. The summed E-state index contributed by atoms with van der Waals surface area (Å²) in [4.78, 5) is 38.2. The highest BCUT2D eigenvalue weighted by molar-refractivity contribution is 5.71. The molecule has 0 saturated carbocycles. The topological polar surface area (TPSA) is 78.9 Å². The summed E-state index contributed by atoms with van der Waals surface area (Å²) in [5.74, 6) is -1.05. The van der Waals surface area contributed by atoms with Crippen LogP contribution < -0.4 is 0 Å². The van der Waals surface area contributed by atoms with Crippen molar-refractivity contribution in [1.29, 1.82) is 0 Å². The van der Waals surface area contributed by atoms with Gasteiger partial charge in [-0.3, -0.25) is 14.4 Å². The second-order valence-electron chi connectivity index (χ2n) is 18.8. The Morgan fingerprint density at radius 3 is 0.795 bits per heavy atom. The van der Waals surface area contributed by atoms with E-state index in [4.69, 9.17) is 14.2 Å². The Bertz CT molecular complexity index is 1630. The van der Waals surface area contributed by atoms with Gasteiger partial charge in [-0.15, -0.1) is 0 Å². The fraction of sp³-hybridized carbons (Fsp3) is 0.597. The molecule has 0 aliphatic heterocycles. The third-order valence-electron chi connectivity index (χ3n) is 11.8. The maximum atomic E-state index is 12.9. The van der Waals surface area contributed by atoms with Crippen molar-refractivity contribution in [2.45, 2.75) is 245 Å². The molecule has 0 saturated heterocycles.